The van der Waals surface area contributed by atoms with Gasteiger partial charge in [-0.3, -0.25) is 14.3 Å². The van der Waals surface area contributed by atoms with Gasteiger partial charge in [-0.2, -0.15) is 0 Å². The zero-order chi connectivity index (χ0) is 23.8. The summed E-state index contributed by atoms with van der Waals surface area (Å²) in [4.78, 5) is 30.4. The molecule has 0 unspecified atom stereocenters. The van der Waals surface area contributed by atoms with Crippen molar-refractivity contribution >= 4 is 22.9 Å². The zero-order valence-electron chi connectivity index (χ0n) is 18.5. The van der Waals surface area contributed by atoms with E-state index in [1.165, 1.54) is 15.9 Å². The number of pyridine rings is 2. The summed E-state index contributed by atoms with van der Waals surface area (Å²) in [6, 6.07) is 6.87. The molecule has 0 fully saturated rings. The fourth-order valence-corrected chi connectivity index (χ4v) is 4.02. The molecule has 10 heteroatoms. The molecule has 0 atom stereocenters. The first-order valence-electron chi connectivity index (χ1n) is 10.1. The van der Waals surface area contributed by atoms with E-state index >= 15 is 0 Å². The van der Waals surface area contributed by atoms with Crippen molar-refractivity contribution in [2.24, 2.45) is 0 Å². The van der Waals surface area contributed by atoms with Crippen LogP contribution in [0.1, 0.15) is 36.1 Å². The first-order valence-corrected chi connectivity index (χ1v) is 11.4. The maximum atomic E-state index is 13.1. The van der Waals surface area contributed by atoms with Crippen LogP contribution in [-0.4, -0.2) is 29.6 Å². The number of aliphatic hydroxyl groups is 1. The molecule has 0 bridgehead atoms. The minimum atomic E-state index is -1.19. The Bertz CT molecular complexity index is 1380. The fourth-order valence-electron chi connectivity index (χ4n) is 3.23. The third kappa shape index (κ3) is 4.95. The van der Waals surface area contributed by atoms with Gasteiger partial charge in [0.1, 0.15) is 23.0 Å². The molecule has 0 spiro atoms. The number of thiazole rings is 1. The molecule has 33 heavy (non-hydrogen) atoms. The maximum Gasteiger partial charge on any atom is 0.277 e. The van der Waals surface area contributed by atoms with Crippen LogP contribution in [0.4, 0.5) is 0 Å². The van der Waals surface area contributed by atoms with Crippen LogP contribution in [-0.2, 0) is 12.2 Å². The van der Waals surface area contributed by atoms with Gasteiger partial charge in [0.2, 0.25) is 0 Å². The Balaban J connectivity index is 1.69. The Morgan fingerprint density at radius 1 is 1.12 bits per heavy atom. The molecule has 0 radical (unpaired) electrons. The van der Waals surface area contributed by atoms with Gasteiger partial charge >= 0.3 is 0 Å². The lowest BCUT2D eigenvalue weighted by Crippen LogP contribution is -2.22. The molecule has 0 aromatic carbocycles. The van der Waals surface area contributed by atoms with E-state index in [1.54, 1.807) is 57.4 Å². The molecule has 0 aliphatic carbocycles. The van der Waals surface area contributed by atoms with Gasteiger partial charge in [-0.25, -0.2) is 15.0 Å². The van der Waals surface area contributed by atoms with E-state index < -0.39 is 11.2 Å². The van der Waals surface area contributed by atoms with Crippen molar-refractivity contribution < 1.29 is 9.84 Å². The molecule has 0 amide bonds. The van der Waals surface area contributed by atoms with Crippen molar-refractivity contribution in [3.8, 4) is 22.8 Å². The third-order valence-electron chi connectivity index (χ3n) is 4.81. The summed E-state index contributed by atoms with van der Waals surface area (Å²) in [6.07, 6.45) is 3.15. The van der Waals surface area contributed by atoms with Crippen LogP contribution >= 0.6 is 22.9 Å². The highest BCUT2D eigenvalue weighted by molar-refractivity contribution is 7.09. The molecule has 0 saturated heterocycles. The standard InChI is InChI=1S/C23H22ClN5O3S/c1-13-9-19(32-11-15-12-33-14(2)27-15)20(24)21(30)29(13)16-5-7-25-18(10-16)17-6-8-26-22(28-17)23(3,4)31/h5-10,12,31H,11H2,1-4H3. The number of halogens is 1. The van der Waals surface area contributed by atoms with Crippen molar-refractivity contribution in [3.05, 3.63) is 79.6 Å². The molecule has 0 saturated carbocycles. The van der Waals surface area contributed by atoms with Crippen LogP contribution in [0.25, 0.3) is 17.1 Å². The van der Waals surface area contributed by atoms with E-state index in [2.05, 4.69) is 19.9 Å². The first-order chi connectivity index (χ1) is 15.6. The zero-order valence-corrected chi connectivity index (χ0v) is 20.1. The van der Waals surface area contributed by atoms with Crippen LogP contribution in [0, 0.1) is 13.8 Å². The number of rotatable bonds is 6. The summed E-state index contributed by atoms with van der Waals surface area (Å²) in [6.45, 7) is 7.17. The molecule has 0 aliphatic rings. The molecule has 8 nitrogen and oxygen atoms in total. The second kappa shape index (κ2) is 9.01. The first kappa shape index (κ1) is 23.0. The van der Waals surface area contributed by atoms with Crippen molar-refractivity contribution in [2.45, 2.75) is 39.9 Å². The molecular formula is C23H22ClN5O3S. The van der Waals surface area contributed by atoms with E-state index in [0.717, 1.165) is 10.7 Å². The third-order valence-corrected chi connectivity index (χ3v) is 5.98. The van der Waals surface area contributed by atoms with Gasteiger partial charge in [-0.15, -0.1) is 11.3 Å². The van der Waals surface area contributed by atoms with Crippen LogP contribution < -0.4 is 10.3 Å². The Hall–Kier alpha value is -3.14. The molecule has 1 N–H and O–H groups in total. The molecule has 0 aliphatic heterocycles. The predicted octanol–water partition coefficient (Wildman–Crippen LogP) is 4.22. The normalized spacial score (nSPS) is 11.6. The van der Waals surface area contributed by atoms with Crippen LogP contribution in [0.15, 0.2) is 46.8 Å². The smallest absolute Gasteiger partial charge is 0.277 e. The highest BCUT2D eigenvalue weighted by Crippen LogP contribution is 2.26. The second-order valence-corrected chi connectivity index (χ2v) is 9.42. The lowest BCUT2D eigenvalue weighted by Gasteiger charge is -2.16. The van der Waals surface area contributed by atoms with Crippen LogP contribution in [0.3, 0.4) is 0 Å². The number of nitrogens with zero attached hydrogens (tertiary/aromatic N) is 5. The molecule has 4 aromatic rings. The average molecular weight is 484 g/mol. The van der Waals surface area contributed by atoms with E-state index in [1.807, 2.05) is 12.3 Å². The monoisotopic (exact) mass is 483 g/mol. The minimum Gasteiger partial charge on any atom is -0.485 e. The van der Waals surface area contributed by atoms with Gasteiger partial charge in [-0.05, 0) is 45.9 Å². The number of aryl methyl sites for hydroxylation is 2. The fraction of sp³-hybridized carbons (Fsp3) is 0.261. The summed E-state index contributed by atoms with van der Waals surface area (Å²) in [5.41, 5.74) is 1.46. The Kier molecular flexibility index (Phi) is 6.29. The van der Waals surface area contributed by atoms with Crippen molar-refractivity contribution in [1.82, 2.24) is 24.5 Å². The summed E-state index contributed by atoms with van der Waals surface area (Å²) >= 11 is 7.91. The van der Waals surface area contributed by atoms with Gasteiger partial charge in [0.05, 0.1) is 27.8 Å². The Morgan fingerprint density at radius 3 is 2.58 bits per heavy atom. The number of hydrogen-bond acceptors (Lipinski definition) is 8. The summed E-state index contributed by atoms with van der Waals surface area (Å²) in [7, 11) is 0. The Morgan fingerprint density at radius 2 is 1.88 bits per heavy atom. The predicted molar refractivity (Wildman–Crippen MR) is 127 cm³/mol. The second-order valence-electron chi connectivity index (χ2n) is 7.97. The summed E-state index contributed by atoms with van der Waals surface area (Å²) in [5.74, 6) is 0.585. The molecule has 4 rings (SSSR count). The van der Waals surface area contributed by atoms with Gasteiger partial charge in [0.15, 0.2) is 5.82 Å². The number of aromatic nitrogens is 5. The van der Waals surface area contributed by atoms with Gasteiger partial charge < -0.3 is 9.84 Å². The maximum absolute atomic E-state index is 13.1. The molecular weight excluding hydrogens is 462 g/mol. The number of hydrogen-bond donors (Lipinski definition) is 1. The molecule has 4 heterocycles. The van der Waals surface area contributed by atoms with E-state index in [-0.39, 0.29) is 17.5 Å². The molecule has 170 valence electrons. The van der Waals surface area contributed by atoms with Gasteiger partial charge in [0.25, 0.3) is 5.56 Å². The van der Waals surface area contributed by atoms with Crippen molar-refractivity contribution in [2.75, 3.05) is 0 Å². The largest absolute Gasteiger partial charge is 0.485 e. The lowest BCUT2D eigenvalue weighted by molar-refractivity contribution is 0.0688. The SMILES string of the molecule is Cc1nc(COc2cc(C)n(-c3ccnc(-c4ccnc(C(C)(C)O)n4)c3)c(=O)c2Cl)cs1. The topological polar surface area (TPSA) is 103 Å². The lowest BCUT2D eigenvalue weighted by atomic mass is 10.1. The number of ether oxygens (including phenoxy) is 1. The van der Waals surface area contributed by atoms with E-state index in [4.69, 9.17) is 16.3 Å². The highest BCUT2D eigenvalue weighted by Gasteiger charge is 2.21. The molecule has 4 aromatic heterocycles. The van der Waals surface area contributed by atoms with Gasteiger partial charge in [-0.1, -0.05) is 11.6 Å². The highest BCUT2D eigenvalue weighted by atomic mass is 35.5. The van der Waals surface area contributed by atoms with Gasteiger partial charge in [0, 0.05) is 29.5 Å². The van der Waals surface area contributed by atoms with E-state index in [0.29, 0.717) is 28.5 Å². The van der Waals surface area contributed by atoms with Crippen molar-refractivity contribution in [1.29, 1.82) is 0 Å². The summed E-state index contributed by atoms with van der Waals surface area (Å²) in [5, 5.41) is 13.1. The quantitative estimate of drug-likeness (QED) is 0.438. The average Bonchev–Trinajstić information content (AvgIpc) is 3.20. The summed E-state index contributed by atoms with van der Waals surface area (Å²) < 4.78 is 7.26. The van der Waals surface area contributed by atoms with E-state index in [9.17, 15) is 9.90 Å². The van der Waals surface area contributed by atoms with Crippen LogP contribution in [0.2, 0.25) is 5.02 Å². The Labute approximate surface area is 199 Å². The minimum absolute atomic E-state index is 0.0164. The van der Waals surface area contributed by atoms with Crippen LogP contribution in [0.5, 0.6) is 5.75 Å². The van der Waals surface area contributed by atoms with Crippen molar-refractivity contribution in [3.63, 3.8) is 0 Å².